The molecule has 1 atom stereocenters. The highest BCUT2D eigenvalue weighted by molar-refractivity contribution is 6.02. The van der Waals surface area contributed by atoms with Gasteiger partial charge >= 0.3 is 0 Å². The average Bonchev–Trinajstić information content (AvgIpc) is 2.52. The molecule has 0 spiro atoms. The van der Waals surface area contributed by atoms with E-state index in [4.69, 9.17) is 16.3 Å². The molecule has 0 unspecified atom stereocenters. The highest BCUT2D eigenvalue weighted by Crippen LogP contribution is 2.30. The lowest BCUT2D eigenvalue weighted by atomic mass is 10.2. The van der Waals surface area contributed by atoms with Gasteiger partial charge in [-0.05, 0) is 18.6 Å². The number of benzene rings is 1. The molecule has 5 N–H and O–H groups in total. The number of anilines is 2. The zero-order chi connectivity index (χ0) is 16.3. The van der Waals surface area contributed by atoms with E-state index in [1.807, 2.05) is 0 Å². The number of aromatic nitrogens is 2. The van der Waals surface area contributed by atoms with E-state index < -0.39 is 12.0 Å². The Kier molecular flexibility index (Phi) is 4.74. The van der Waals surface area contributed by atoms with Crippen molar-refractivity contribution in [2.24, 2.45) is 5.84 Å². The number of hydrazine groups is 1. The van der Waals surface area contributed by atoms with E-state index in [2.05, 4.69) is 9.97 Å². The van der Waals surface area contributed by atoms with Crippen LogP contribution in [0.1, 0.15) is 19.8 Å². The Hall–Kier alpha value is -2.45. The summed E-state index contributed by atoms with van der Waals surface area (Å²) in [6.07, 6.45) is -0.388. The zero-order valence-corrected chi connectivity index (χ0v) is 12.5. The number of hydrogen-bond donors (Lipinski definition) is 3. The van der Waals surface area contributed by atoms with Gasteiger partial charge in [-0.3, -0.25) is 4.79 Å². The maximum Gasteiger partial charge on any atom is 0.245 e. The normalized spacial score (nSPS) is 12.2. The predicted octanol–water partition coefficient (Wildman–Crippen LogP) is 0.588. The highest BCUT2D eigenvalue weighted by Gasteiger charge is 2.20. The van der Waals surface area contributed by atoms with E-state index in [1.165, 1.54) is 7.11 Å². The lowest BCUT2D eigenvalue weighted by molar-refractivity contribution is -0.120. The molecule has 2 aromatic rings. The van der Waals surface area contributed by atoms with Gasteiger partial charge in [0.2, 0.25) is 11.9 Å². The third-order valence-corrected chi connectivity index (χ3v) is 3.28. The van der Waals surface area contributed by atoms with Crippen LogP contribution in [0, 0.1) is 0 Å². The smallest absolute Gasteiger partial charge is 0.245 e. The van der Waals surface area contributed by atoms with Crippen molar-refractivity contribution >= 4 is 28.6 Å². The van der Waals surface area contributed by atoms with Crippen LogP contribution in [0.3, 0.4) is 0 Å². The standard InChI is InChI=1S/C14H19N5O3/c1-3-8(20)7-11(21)19(16)13-9-5-4-6-10(22-2)12(9)17-14(15)18-13/h4-6,8,20H,3,7,16H2,1-2H3,(H2,15,17,18)/t8-/m1/s1. The summed E-state index contributed by atoms with van der Waals surface area (Å²) < 4.78 is 5.23. The summed E-state index contributed by atoms with van der Waals surface area (Å²) >= 11 is 0. The van der Waals surface area contributed by atoms with Gasteiger partial charge in [0, 0.05) is 5.39 Å². The molecular formula is C14H19N5O3. The largest absolute Gasteiger partial charge is 0.494 e. The number of ether oxygens (including phenoxy) is 1. The first kappa shape index (κ1) is 15.9. The van der Waals surface area contributed by atoms with Crippen LogP contribution < -0.4 is 21.3 Å². The Balaban J connectivity index is 2.48. The number of fused-ring (bicyclic) bond motifs is 1. The number of amides is 1. The fraction of sp³-hybridized carbons (Fsp3) is 0.357. The van der Waals surface area contributed by atoms with Crippen molar-refractivity contribution in [1.82, 2.24) is 9.97 Å². The van der Waals surface area contributed by atoms with Crippen molar-refractivity contribution in [1.29, 1.82) is 0 Å². The van der Waals surface area contributed by atoms with E-state index in [9.17, 15) is 9.90 Å². The molecule has 118 valence electrons. The van der Waals surface area contributed by atoms with Crippen molar-refractivity contribution in [2.45, 2.75) is 25.9 Å². The summed E-state index contributed by atoms with van der Waals surface area (Å²) in [6, 6.07) is 5.18. The SMILES string of the molecule is CC[C@@H](O)CC(=O)N(N)c1nc(N)nc2c(OC)cccc12. The van der Waals surface area contributed by atoms with Crippen molar-refractivity contribution in [3.05, 3.63) is 18.2 Å². The Morgan fingerprint density at radius 3 is 2.82 bits per heavy atom. The molecule has 1 aromatic heterocycles. The highest BCUT2D eigenvalue weighted by atomic mass is 16.5. The zero-order valence-electron chi connectivity index (χ0n) is 12.5. The second-order valence-corrected chi connectivity index (χ2v) is 4.79. The van der Waals surface area contributed by atoms with Crippen LogP contribution in [-0.4, -0.2) is 34.2 Å². The van der Waals surface area contributed by atoms with E-state index in [0.29, 0.717) is 23.1 Å². The number of carbonyl (C=O) groups excluding carboxylic acids is 1. The van der Waals surface area contributed by atoms with Crippen molar-refractivity contribution < 1.29 is 14.6 Å². The van der Waals surface area contributed by atoms with E-state index >= 15 is 0 Å². The minimum Gasteiger partial charge on any atom is -0.494 e. The van der Waals surface area contributed by atoms with E-state index in [1.54, 1.807) is 25.1 Å². The van der Waals surface area contributed by atoms with Crippen LogP contribution in [-0.2, 0) is 4.79 Å². The van der Waals surface area contributed by atoms with Gasteiger partial charge in [0.05, 0.1) is 19.6 Å². The van der Waals surface area contributed by atoms with Crippen LogP contribution >= 0.6 is 0 Å². The van der Waals surface area contributed by atoms with Crippen LogP contribution in [0.2, 0.25) is 0 Å². The maximum absolute atomic E-state index is 12.1. The molecule has 0 aliphatic carbocycles. The number of aliphatic hydroxyl groups excluding tert-OH is 1. The van der Waals surface area contributed by atoms with Gasteiger partial charge < -0.3 is 15.6 Å². The van der Waals surface area contributed by atoms with E-state index in [-0.39, 0.29) is 18.2 Å². The third kappa shape index (κ3) is 3.07. The molecule has 1 amide bonds. The van der Waals surface area contributed by atoms with Crippen LogP contribution in [0.5, 0.6) is 5.75 Å². The molecule has 8 nitrogen and oxygen atoms in total. The maximum atomic E-state index is 12.1. The molecule has 8 heteroatoms. The van der Waals surface area contributed by atoms with Crippen molar-refractivity contribution in [2.75, 3.05) is 17.9 Å². The number of hydrogen-bond acceptors (Lipinski definition) is 7. The minimum atomic E-state index is -0.751. The average molecular weight is 305 g/mol. The fourth-order valence-electron chi connectivity index (χ4n) is 2.04. The van der Waals surface area contributed by atoms with Crippen molar-refractivity contribution in [3.63, 3.8) is 0 Å². The van der Waals surface area contributed by atoms with Gasteiger partial charge in [0.1, 0.15) is 11.3 Å². The molecule has 1 aromatic carbocycles. The monoisotopic (exact) mass is 305 g/mol. The molecule has 0 aliphatic heterocycles. The molecule has 0 aliphatic rings. The van der Waals surface area contributed by atoms with Gasteiger partial charge in [-0.2, -0.15) is 4.98 Å². The van der Waals surface area contributed by atoms with Gasteiger partial charge in [-0.15, -0.1) is 0 Å². The molecule has 0 saturated carbocycles. The Labute approximate surface area is 127 Å². The number of nitrogens with zero attached hydrogens (tertiary/aromatic N) is 3. The lowest BCUT2D eigenvalue weighted by Crippen LogP contribution is -2.40. The Morgan fingerprint density at radius 1 is 1.45 bits per heavy atom. The number of para-hydroxylation sites is 1. The molecule has 2 rings (SSSR count). The summed E-state index contributed by atoms with van der Waals surface area (Å²) in [7, 11) is 1.51. The molecule has 0 bridgehead atoms. The van der Waals surface area contributed by atoms with Crippen LogP contribution in [0.15, 0.2) is 18.2 Å². The molecule has 0 saturated heterocycles. The van der Waals surface area contributed by atoms with Crippen LogP contribution in [0.4, 0.5) is 11.8 Å². The van der Waals surface area contributed by atoms with Gasteiger partial charge in [-0.25, -0.2) is 15.8 Å². The fourth-order valence-corrected chi connectivity index (χ4v) is 2.04. The second-order valence-electron chi connectivity index (χ2n) is 4.79. The quantitative estimate of drug-likeness (QED) is 0.419. The second kappa shape index (κ2) is 6.54. The molecule has 0 fully saturated rings. The van der Waals surface area contributed by atoms with Gasteiger partial charge in [0.15, 0.2) is 5.82 Å². The number of rotatable bonds is 5. The first-order chi connectivity index (χ1) is 10.5. The summed E-state index contributed by atoms with van der Waals surface area (Å²) in [5.74, 6) is 6.05. The summed E-state index contributed by atoms with van der Waals surface area (Å²) in [5.41, 5.74) is 6.16. The summed E-state index contributed by atoms with van der Waals surface area (Å²) in [6.45, 7) is 1.78. The summed E-state index contributed by atoms with van der Waals surface area (Å²) in [5, 5.41) is 11.0. The van der Waals surface area contributed by atoms with E-state index in [0.717, 1.165) is 5.01 Å². The first-order valence-electron chi connectivity index (χ1n) is 6.83. The molecule has 1 heterocycles. The van der Waals surface area contributed by atoms with Crippen LogP contribution in [0.25, 0.3) is 10.9 Å². The topological polar surface area (TPSA) is 128 Å². The Bertz CT molecular complexity index is 691. The number of nitrogen functional groups attached to an aromatic ring is 1. The molecule has 22 heavy (non-hydrogen) atoms. The van der Waals surface area contributed by atoms with Gasteiger partial charge in [0.25, 0.3) is 0 Å². The predicted molar refractivity (Wildman–Crippen MR) is 83.1 cm³/mol. The number of methoxy groups -OCH3 is 1. The number of aliphatic hydroxyl groups is 1. The first-order valence-corrected chi connectivity index (χ1v) is 6.83. The number of carbonyl (C=O) groups is 1. The molecule has 0 radical (unpaired) electrons. The molecular weight excluding hydrogens is 286 g/mol. The third-order valence-electron chi connectivity index (χ3n) is 3.28. The lowest BCUT2D eigenvalue weighted by Gasteiger charge is -2.19. The Morgan fingerprint density at radius 2 is 2.18 bits per heavy atom. The van der Waals surface area contributed by atoms with Crippen molar-refractivity contribution in [3.8, 4) is 5.75 Å². The number of nitrogens with two attached hydrogens (primary N) is 2. The van der Waals surface area contributed by atoms with Gasteiger partial charge in [-0.1, -0.05) is 13.0 Å². The minimum absolute atomic E-state index is 0.0220. The summed E-state index contributed by atoms with van der Waals surface area (Å²) in [4.78, 5) is 20.3.